The predicted molar refractivity (Wildman–Crippen MR) is 171 cm³/mol. The number of rotatable bonds is 19. The average Bonchev–Trinajstić information content (AvgIpc) is 3.51. The van der Waals surface area contributed by atoms with Gasteiger partial charge < -0.3 is 34.7 Å². The number of benzodiazepines with no additional fused rings is 1. The summed E-state index contributed by atoms with van der Waals surface area (Å²) < 4.78 is 31.0. The molecule has 246 valence electrons. The first kappa shape index (κ1) is 34.7. The molecule has 1 aliphatic heterocycles. The Kier molecular flexibility index (Phi) is 14.1. The van der Waals surface area contributed by atoms with Crippen LogP contribution in [-0.4, -0.2) is 99.2 Å². The van der Waals surface area contributed by atoms with Crippen molar-refractivity contribution in [2.24, 2.45) is 4.99 Å². The minimum absolute atomic E-state index is 0.105. The van der Waals surface area contributed by atoms with E-state index < -0.39 is 5.82 Å². The fraction of sp³-hybridized carbons (Fsp3) is 0.406. The van der Waals surface area contributed by atoms with Crippen LogP contribution < -0.4 is 15.5 Å². The molecule has 3 N–H and O–H groups in total. The van der Waals surface area contributed by atoms with Crippen molar-refractivity contribution in [3.05, 3.63) is 82.6 Å². The van der Waals surface area contributed by atoms with E-state index in [4.69, 9.17) is 25.8 Å². The molecule has 0 fully saturated rings. The molecule has 14 heteroatoms. The number of ether oxygens (including phenoxy) is 3. The third kappa shape index (κ3) is 11.0. The number of aromatic nitrogens is 2. The van der Waals surface area contributed by atoms with Crippen molar-refractivity contribution in [1.29, 1.82) is 0 Å². The van der Waals surface area contributed by atoms with Crippen LogP contribution >= 0.6 is 11.6 Å². The van der Waals surface area contributed by atoms with Gasteiger partial charge in [0.2, 0.25) is 17.7 Å². The summed E-state index contributed by atoms with van der Waals surface area (Å²) in [5.74, 6) is -0.948. The number of hydrogen-bond acceptors (Lipinski definition) is 8. The molecule has 0 atom stereocenters. The van der Waals surface area contributed by atoms with Gasteiger partial charge in [-0.25, -0.2) is 9.37 Å². The molecule has 46 heavy (non-hydrogen) atoms. The van der Waals surface area contributed by atoms with E-state index in [1.54, 1.807) is 47.5 Å². The quantitative estimate of drug-likeness (QED) is 0.168. The molecule has 3 aromatic rings. The number of benzene rings is 2. The van der Waals surface area contributed by atoms with Crippen LogP contribution in [0.1, 0.15) is 29.7 Å². The third-order valence-corrected chi connectivity index (χ3v) is 7.11. The first-order valence-electron chi connectivity index (χ1n) is 15.1. The molecule has 0 saturated carbocycles. The maximum atomic E-state index is 14.6. The Labute approximate surface area is 271 Å². The van der Waals surface area contributed by atoms with Gasteiger partial charge in [0, 0.05) is 54.1 Å². The summed E-state index contributed by atoms with van der Waals surface area (Å²) in [6.07, 6.45) is 4.02. The van der Waals surface area contributed by atoms with Crippen LogP contribution in [0.25, 0.3) is 0 Å². The number of nitrogens with one attached hydrogen (secondary N) is 3. The van der Waals surface area contributed by atoms with Gasteiger partial charge >= 0.3 is 0 Å². The normalized spacial score (nSPS) is 12.8. The van der Waals surface area contributed by atoms with Crippen LogP contribution in [0, 0.1) is 5.82 Å². The largest absolute Gasteiger partial charge is 0.377 e. The van der Waals surface area contributed by atoms with Gasteiger partial charge in [-0.3, -0.25) is 19.4 Å². The zero-order valence-electron chi connectivity index (χ0n) is 25.4. The van der Waals surface area contributed by atoms with Crippen molar-refractivity contribution in [2.75, 3.05) is 70.7 Å². The molecule has 1 aromatic heterocycles. The van der Waals surface area contributed by atoms with E-state index in [0.717, 1.165) is 5.69 Å². The zero-order chi connectivity index (χ0) is 32.6. The molecule has 2 aromatic carbocycles. The highest BCUT2D eigenvalue weighted by Crippen LogP contribution is 2.30. The smallest absolute Gasteiger partial charge is 0.248 e. The van der Waals surface area contributed by atoms with Crippen LogP contribution in [0.2, 0.25) is 5.02 Å². The molecule has 2 heterocycles. The lowest BCUT2D eigenvalue weighted by Crippen LogP contribution is -2.34. The van der Waals surface area contributed by atoms with Crippen molar-refractivity contribution in [1.82, 2.24) is 20.6 Å². The van der Waals surface area contributed by atoms with Crippen LogP contribution in [0.5, 0.6) is 0 Å². The van der Waals surface area contributed by atoms with E-state index in [2.05, 4.69) is 25.6 Å². The summed E-state index contributed by atoms with van der Waals surface area (Å²) in [7, 11) is 0. The first-order chi connectivity index (χ1) is 22.4. The first-order valence-corrected chi connectivity index (χ1v) is 15.4. The van der Waals surface area contributed by atoms with Crippen molar-refractivity contribution in [3.8, 4) is 0 Å². The lowest BCUT2D eigenvalue weighted by atomic mass is 9.99. The predicted octanol–water partition coefficient (Wildman–Crippen LogP) is 2.69. The fourth-order valence-electron chi connectivity index (χ4n) is 4.68. The molecule has 0 radical (unpaired) electrons. The second-order valence-electron chi connectivity index (χ2n) is 10.2. The van der Waals surface area contributed by atoms with Gasteiger partial charge in [0.15, 0.2) is 0 Å². The molecule has 0 aliphatic carbocycles. The Balaban J connectivity index is 1.05. The average molecular weight is 657 g/mol. The molecule has 12 nitrogen and oxygen atoms in total. The Morgan fingerprint density at radius 3 is 2.33 bits per heavy atom. The lowest BCUT2D eigenvalue weighted by Gasteiger charge is -2.23. The summed E-state index contributed by atoms with van der Waals surface area (Å²) in [5, 5.41) is 6.02. The number of H-pyrrole nitrogens is 1. The highest BCUT2D eigenvalue weighted by molar-refractivity contribution is 6.32. The Morgan fingerprint density at radius 2 is 1.63 bits per heavy atom. The number of aromatic amines is 1. The van der Waals surface area contributed by atoms with E-state index in [9.17, 15) is 18.8 Å². The number of fused-ring (bicyclic) bond motifs is 1. The summed E-state index contributed by atoms with van der Waals surface area (Å²) in [5.41, 5.74) is 2.54. The molecule has 1 aliphatic rings. The van der Waals surface area contributed by atoms with E-state index in [0.29, 0.717) is 93.2 Å². The molecule has 0 spiro atoms. The van der Waals surface area contributed by atoms with Gasteiger partial charge in [-0.05, 0) is 36.8 Å². The Bertz CT molecular complexity index is 1470. The minimum atomic E-state index is -0.440. The Hall–Kier alpha value is -4.17. The number of halogens is 2. The van der Waals surface area contributed by atoms with Crippen LogP contribution in [0.3, 0.4) is 0 Å². The minimum Gasteiger partial charge on any atom is -0.377 e. The van der Waals surface area contributed by atoms with Crippen molar-refractivity contribution in [2.45, 2.75) is 19.3 Å². The van der Waals surface area contributed by atoms with E-state index in [-0.39, 0.29) is 37.1 Å². The van der Waals surface area contributed by atoms with E-state index >= 15 is 0 Å². The number of carbonyl (C=O) groups is 3. The molecule has 3 amide bonds. The second kappa shape index (κ2) is 18.7. The standard InChI is InChI=1S/C32H38ClFN6O6/c33-23-7-8-28-26(18-23)32(25-4-1-2-5-27(25)34)38-21-31(43)40(28)11-3-6-29(41)36-9-12-44-14-16-46-17-15-45-13-10-37-30(42)19-24-20-35-22-39-24/h1-2,4-5,7-8,18,20,22H,3,6,9-17,19,21H2,(H,35,39)(H,36,41)(H,37,42). The molecular weight excluding hydrogens is 619 g/mol. The molecule has 4 rings (SSSR count). The van der Waals surface area contributed by atoms with E-state index in [1.807, 2.05) is 0 Å². The second-order valence-corrected chi connectivity index (χ2v) is 10.7. The van der Waals surface area contributed by atoms with Gasteiger partial charge in [-0.2, -0.15) is 0 Å². The Morgan fingerprint density at radius 1 is 0.935 bits per heavy atom. The van der Waals surface area contributed by atoms with Crippen LogP contribution in [-0.2, 0) is 35.0 Å². The summed E-state index contributed by atoms with van der Waals surface area (Å²) in [6.45, 7) is 3.17. The number of carbonyl (C=O) groups excluding carboxylic acids is 3. The number of nitrogens with zero attached hydrogens (tertiary/aromatic N) is 3. The molecule has 0 unspecified atom stereocenters. The molecule has 0 bridgehead atoms. The topological polar surface area (TPSA) is 147 Å². The number of aliphatic imine (C=N–C) groups is 1. The lowest BCUT2D eigenvalue weighted by molar-refractivity contribution is -0.122. The van der Waals surface area contributed by atoms with E-state index in [1.165, 1.54) is 12.4 Å². The monoisotopic (exact) mass is 656 g/mol. The highest BCUT2D eigenvalue weighted by atomic mass is 35.5. The van der Waals surface area contributed by atoms with Gasteiger partial charge in [0.25, 0.3) is 0 Å². The fourth-order valence-corrected chi connectivity index (χ4v) is 4.86. The van der Waals surface area contributed by atoms with Crippen molar-refractivity contribution < 1.29 is 33.0 Å². The summed E-state index contributed by atoms with van der Waals surface area (Å²) in [4.78, 5) is 49.9. The van der Waals surface area contributed by atoms with Crippen molar-refractivity contribution in [3.63, 3.8) is 0 Å². The van der Waals surface area contributed by atoms with Gasteiger partial charge in [-0.1, -0.05) is 23.7 Å². The number of amides is 3. The number of anilines is 1. The van der Waals surface area contributed by atoms with Gasteiger partial charge in [-0.15, -0.1) is 0 Å². The number of imidazole rings is 1. The van der Waals surface area contributed by atoms with Crippen LogP contribution in [0.4, 0.5) is 10.1 Å². The van der Waals surface area contributed by atoms with Crippen LogP contribution in [0.15, 0.2) is 60.0 Å². The highest BCUT2D eigenvalue weighted by Gasteiger charge is 2.26. The SMILES string of the molecule is O=C(CCCN1C(=O)CN=C(c2ccccc2F)c2cc(Cl)ccc21)NCCOCCOCCOCCNC(=O)Cc1cnc[nH]1. The van der Waals surface area contributed by atoms with Gasteiger partial charge in [0.05, 0.1) is 63.8 Å². The molecular formula is C32H38ClFN6O6. The maximum absolute atomic E-state index is 14.6. The molecule has 0 saturated heterocycles. The number of hydrogen-bond donors (Lipinski definition) is 3. The summed E-state index contributed by atoms with van der Waals surface area (Å²) >= 11 is 6.26. The van der Waals surface area contributed by atoms with Gasteiger partial charge in [0.1, 0.15) is 12.4 Å². The third-order valence-electron chi connectivity index (χ3n) is 6.88. The zero-order valence-corrected chi connectivity index (χ0v) is 26.2. The maximum Gasteiger partial charge on any atom is 0.248 e. The summed E-state index contributed by atoms with van der Waals surface area (Å²) in [6, 6.07) is 11.3. The van der Waals surface area contributed by atoms with Crippen molar-refractivity contribution >= 4 is 40.7 Å².